The third kappa shape index (κ3) is 3.10. The number of rotatable bonds is 2. The summed E-state index contributed by atoms with van der Waals surface area (Å²) in [7, 11) is 0. The molecule has 5 fully saturated rings. The summed E-state index contributed by atoms with van der Waals surface area (Å²) in [6.45, 7) is 26.7. The topological polar surface area (TPSA) is 26.3 Å². The Morgan fingerprint density at radius 2 is 1.37 bits per heavy atom. The Bertz CT molecular complexity index is 918. The number of carbonyl (C=O) groups is 1. The Hall–Kier alpha value is -0.790. The molecule has 3 unspecified atom stereocenters. The first-order valence-corrected chi connectivity index (χ1v) is 14.9. The van der Waals surface area contributed by atoms with E-state index in [2.05, 4.69) is 62.0 Å². The lowest BCUT2D eigenvalue weighted by Crippen LogP contribution is -2.69. The Morgan fingerprint density at radius 1 is 0.743 bits per heavy atom. The third-order valence-electron chi connectivity index (χ3n) is 14.5. The van der Waals surface area contributed by atoms with Gasteiger partial charge in [0.15, 0.2) is 0 Å². The number of esters is 1. The smallest absolute Gasteiger partial charge is 0.302 e. The van der Waals surface area contributed by atoms with E-state index in [1.807, 2.05) is 0 Å². The fourth-order valence-electron chi connectivity index (χ4n) is 12.5. The zero-order valence-corrected chi connectivity index (χ0v) is 24.5. The average molecular weight is 483 g/mol. The summed E-state index contributed by atoms with van der Waals surface area (Å²) in [6.07, 6.45) is 13.2. The van der Waals surface area contributed by atoms with Crippen LogP contribution in [-0.2, 0) is 9.53 Å². The van der Waals surface area contributed by atoms with Gasteiger partial charge in [-0.05, 0) is 122 Å². The van der Waals surface area contributed by atoms with E-state index in [1.54, 1.807) is 6.92 Å². The van der Waals surface area contributed by atoms with Crippen LogP contribution in [-0.4, -0.2) is 12.1 Å². The predicted molar refractivity (Wildman–Crippen MR) is 145 cm³/mol. The van der Waals surface area contributed by atoms with E-state index >= 15 is 0 Å². The van der Waals surface area contributed by atoms with Gasteiger partial charge in [0.25, 0.3) is 0 Å². The van der Waals surface area contributed by atoms with Crippen molar-refractivity contribution in [1.82, 2.24) is 0 Å². The quantitative estimate of drug-likeness (QED) is 0.290. The van der Waals surface area contributed by atoms with E-state index in [0.717, 1.165) is 18.3 Å². The third-order valence-corrected chi connectivity index (χ3v) is 14.5. The molecule has 0 radical (unpaired) electrons. The van der Waals surface area contributed by atoms with Crippen LogP contribution < -0.4 is 0 Å². The van der Waals surface area contributed by atoms with Gasteiger partial charge in [0.2, 0.25) is 0 Å². The molecule has 0 aliphatic heterocycles. The summed E-state index contributed by atoms with van der Waals surface area (Å²) in [5.74, 6) is 2.77. The van der Waals surface area contributed by atoms with Crippen molar-refractivity contribution in [2.45, 2.75) is 133 Å². The SMILES string of the molecule is C=C(C)[C@@H]1CC[C@]2(C)CC[C@]3(C)[C@](C)(CCC4[C@@]5(C)CC[C@H](OC(C)=O)C(C)(C)C5CC[C@]43C)C12. The fourth-order valence-corrected chi connectivity index (χ4v) is 12.5. The van der Waals surface area contributed by atoms with Crippen molar-refractivity contribution in [3.8, 4) is 0 Å². The molecule has 2 heteroatoms. The van der Waals surface area contributed by atoms with Gasteiger partial charge in [-0.15, -0.1) is 0 Å². The molecule has 0 aromatic rings. The molecule has 0 saturated heterocycles. The van der Waals surface area contributed by atoms with Gasteiger partial charge in [-0.2, -0.15) is 0 Å². The number of ether oxygens (including phenoxy) is 1. The molecule has 5 saturated carbocycles. The number of hydrogen-bond acceptors (Lipinski definition) is 2. The Morgan fingerprint density at radius 3 is 2.00 bits per heavy atom. The number of carbonyl (C=O) groups excluding carboxylic acids is 1. The van der Waals surface area contributed by atoms with E-state index in [0.29, 0.717) is 38.9 Å². The molecule has 5 aliphatic carbocycles. The zero-order valence-electron chi connectivity index (χ0n) is 24.5. The molecule has 0 bridgehead atoms. The molecule has 0 aromatic carbocycles. The van der Waals surface area contributed by atoms with Crippen LogP contribution in [0.1, 0.15) is 127 Å². The van der Waals surface area contributed by atoms with Crippen LogP contribution in [0.15, 0.2) is 12.2 Å². The van der Waals surface area contributed by atoms with Gasteiger partial charge in [-0.1, -0.05) is 60.6 Å². The normalized spacial score (nSPS) is 54.6. The molecule has 0 amide bonds. The standard InChI is InChI=1S/C33H54O2/c1-21(2)23-11-15-29(6)19-20-33(10)31(8)17-12-24-28(4,5)26(35-22(3)34)14-16-30(24,7)25(31)13-18-32(33,9)27(23)29/h23-27H,1,11-20H2,2-10H3/t23-,24?,25?,26-,27?,29+,30-,31+,32+,33-/m0/s1. The van der Waals surface area contributed by atoms with E-state index in [1.165, 1.54) is 63.4 Å². The highest BCUT2D eigenvalue weighted by molar-refractivity contribution is 5.66. The van der Waals surface area contributed by atoms with Gasteiger partial charge in [0, 0.05) is 12.3 Å². The maximum Gasteiger partial charge on any atom is 0.302 e. The summed E-state index contributed by atoms with van der Waals surface area (Å²) in [5.41, 5.74) is 3.45. The average Bonchev–Trinajstić information content (AvgIpc) is 3.11. The van der Waals surface area contributed by atoms with Crippen LogP contribution in [0.4, 0.5) is 0 Å². The van der Waals surface area contributed by atoms with Crippen LogP contribution in [0, 0.1) is 56.2 Å². The van der Waals surface area contributed by atoms with Crippen LogP contribution in [0.2, 0.25) is 0 Å². The van der Waals surface area contributed by atoms with Crippen LogP contribution in [0.5, 0.6) is 0 Å². The van der Waals surface area contributed by atoms with Crippen LogP contribution in [0.3, 0.4) is 0 Å². The van der Waals surface area contributed by atoms with E-state index in [-0.39, 0.29) is 17.5 Å². The summed E-state index contributed by atoms with van der Waals surface area (Å²) >= 11 is 0. The van der Waals surface area contributed by atoms with Gasteiger partial charge in [-0.3, -0.25) is 4.79 Å². The Labute approximate surface area is 216 Å². The van der Waals surface area contributed by atoms with E-state index < -0.39 is 0 Å². The van der Waals surface area contributed by atoms with Gasteiger partial charge in [0.1, 0.15) is 6.10 Å². The molecule has 0 N–H and O–H groups in total. The van der Waals surface area contributed by atoms with Gasteiger partial charge in [0.05, 0.1) is 0 Å². The molecular formula is C33H54O2. The highest BCUT2D eigenvalue weighted by atomic mass is 16.5. The molecule has 5 aliphatic rings. The van der Waals surface area contributed by atoms with Gasteiger partial charge in [-0.25, -0.2) is 0 Å². The lowest BCUT2D eigenvalue weighted by Gasteiger charge is -2.76. The molecule has 0 spiro atoms. The van der Waals surface area contributed by atoms with Crippen molar-refractivity contribution in [1.29, 1.82) is 0 Å². The summed E-state index contributed by atoms with van der Waals surface area (Å²) in [4.78, 5) is 11.9. The summed E-state index contributed by atoms with van der Waals surface area (Å²) in [6, 6.07) is 0. The molecule has 10 atom stereocenters. The first kappa shape index (κ1) is 25.8. The second kappa shape index (κ2) is 7.63. The van der Waals surface area contributed by atoms with E-state index in [4.69, 9.17) is 4.74 Å². The molecule has 5 rings (SSSR count). The van der Waals surface area contributed by atoms with Gasteiger partial charge >= 0.3 is 5.97 Å². The van der Waals surface area contributed by atoms with Crippen molar-refractivity contribution in [2.24, 2.45) is 56.2 Å². The largest absolute Gasteiger partial charge is 0.462 e. The van der Waals surface area contributed by atoms with E-state index in [9.17, 15) is 4.79 Å². The number of fused-ring (bicyclic) bond motifs is 7. The van der Waals surface area contributed by atoms with Crippen molar-refractivity contribution in [3.63, 3.8) is 0 Å². The van der Waals surface area contributed by atoms with Crippen molar-refractivity contribution >= 4 is 5.97 Å². The first-order chi connectivity index (χ1) is 16.1. The minimum Gasteiger partial charge on any atom is -0.462 e. The minimum atomic E-state index is -0.109. The Balaban J connectivity index is 1.54. The molecule has 0 aromatic heterocycles. The maximum atomic E-state index is 11.9. The molecular weight excluding hydrogens is 428 g/mol. The van der Waals surface area contributed by atoms with Crippen molar-refractivity contribution in [3.05, 3.63) is 12.2 Å². The maximum absolute atomic E-state index is 11.9. The fraction of sp³-hybridized carbons (Fsp3) is 0.909. The monoisotopic (exact) mass is 482 g/mol. The molecule has 35 heavy (non-hydrogen) atoms. The highest BCUT2D eigenvalue weighted by Gasteiger charge is 2.74. The number of allylic oxidation sites excluding steroid dienone is 1. The lowest BCUT2D eigenvalue weighted by atomic mass is 9.29. The zero-order chi connectivity index (χ0) is 25.8. The van der Waals surface area contributed by atoms with Gasteiger partial charge < -0.3 is 4.74 Å². The molecule has 2 nitrogen and oxygen atoms in total. The Kier molecular flexibility index (Phi) is 5.63. The predicted octanol–water partition coefficient (Wildman–Crippen LogP) is 8.99. The first-order valence-electron chi connectivity index (χ1n) is 14.9. The summed E-state index contributed by atoms with van der Waals surface area (Å²) in [5, 5.41) is 0. The second-order valence-corrected chi connectivity index (χ2v) is 15.9. The molecule has 0 heterocycles. The molecule has 198 valence electrons. The van der Waals surface area contributed by atoms with Crippen LogP contribution in [0.25, 0.3) is 0 Å². The summed E-state index contributed by atoms with van der Waals surface area (Å²) < 4.78 is 5.93. The van der Waals surface area contributed by atoms with Crippen LogP contribution >= 0.6 is 0 Å². The lowest BCUT2D eigenvalue weighted by molar-refractivity contribution is -0.276. The second-order valence-electron chi connectivity index (χ2n) is 15.9. The number of hydrogen-bond donors (Lipinski definition) is 0. The van der Waals surface area contributed by atoms with Crippen molar-refractivity contribution < 1.29 is 9.53 Å². The highest BCUT2D eigenvalue weighted by Crippen LogP contribution is 2.81. The minimum absolute atomic E-state index is 0.0449. The van der Waals surface area contributed by atoms with Crippen molar-refractivity contribution in [2.75, 3.05) is 0 Å².